The van der Waals surface area contributed by atoms with Gasteiger partial charge in [-0.3, -0.25) is 24.0 Å². The molecule has 18 heteroatoms. The van der Waals surface area contributed by atoms with E-state index in [0.717, 1.165) is 37.7 Å². The van der Waals surface area contributed by atoms with Crippen molar-refractivity contribution in [3.63, 3.8) is 0 Å². The van der Waals surface area contributed by atoms with Gasteiger partial charge in [0, 0.05) is 44.9 Å². The molecule has 1 aromatic heterocycles. The number of amides is 5. The zero-order chi connectivity index (χ0) is 43.0. The molecule has 5 amide bonds. The average molecular weight is 884 g/mol. The first-order valence-electron chi connectivity index (χ1n) is 21.0. The number of carboxylic acid groups (broad SMARTS) is 1. The van der Waals surface area contributed by atoms with Gasteiger partial charge in [0.25, 0.3) is 5.91 Å². The van der Waals surface area contributed by atoms with Crippen LogP contribution in [0.4, 0.5) is 5.69 Å². The highest BCUT2D eigenvalue weighted by Gasteiger charge is 2.33. The molecule has 0 spiro atoms. The van der Waals surface area contributed by atoms with Gasteiger partial charge in [0.15, 0.2) is 6.61 Å². The average Bonchev–Trinajstić information content (AvgIpc) is 3.75. The Bertz CT molecular complexity index is 1910. The van der Waals surface area contributed by atoms with E-state index in [1.807, 2.05) is 54.9 Å². The van der Waals surface area contributed by atoms with Crippen molar-refractivity contribution in [1.29, 1.82) is 0 Å². The molecule has 340 valence electrons. The molecule has 0 saturated heterocycles. The molecule has 62 heavy (non-hydrogen) atoms. The quantitative estimate of drug-likeness (QED) is 0.0805. The molecule has 4 atom stereocenters. The van der Waals surface area contributed by atoms with E-state index in [9.17, 15) is 39.0 Å². The van der Waals surface area contributed by atoms with E-state index in [4.69, 9.17) is 4.74 Å². The number of imidazole rings is 1. The van der Waals surface area contributed by atoms with Crippen molar-refractivity contribution in [2.24, 2.45) is 11.8 Å². The molecule has 3 aromatic rings. The van der Waals surface area contributed by atoms with Gasteiger partial charge in [-0.05, 0) is 54.9 Å². The molecule has 5 rings (SSSR count). The number of benzene rings is 2. The lowest BCUT2D eigenvalue weighted by atomic mass is 9.83. The molecular formula is C44H62ClN7O10. The Morgan fingerprint density at radius 1 is 0.919 bits per heavy atom. The zero-order valence-corrected chi connectivity index (χ0v) is 36.2. The molecule has 2 aliphatic rings. The maximum Gasteiger partial charge on any atom is 0.335 e. The van der Waals surface area contributed by atoms with E-state index in [-0.39, 0.29) is 85.7 Å². The Morgan fingerprint density at radius 2 is 1.65 bits per heavy atom. The third-order valence-electron chi connectivity index (χ3n) is 11.0. The number of hydrogen-bond donors (Lipinski definition) is 6. The van der Waals surface area contributed by atoms with E-state index < -0.39 is 53.8 Å². The number of rotatable bonds is 22. The van der Waals surface area contributed by atoms with Gasteiger partial charge in [0.05, 0.1) is 36.1 Å². The van der Waals surface area contributed by atoms with E-state index in [1.165, 1.54) is 23.1 Å². The van der Waals surface area contributed by atoms with Crippen molar-refractivity contribution in [2.75, 3.05) is 24.6 Å². The van der Waals surface area contributed by atoms with Crippen molar-refractivity contribution in [1.82, 2.24) is 30.8 Å². The van der Waals surface area contributed by atoms with E-state index in [0.29, 0.717) is 31.7 Å². The summed E-state index contributed by atoms with van der Waals surface area (Å²) in [6, 6.07) is 10.4. The highest BCUT2D eigenvalue weighted by atomic mass is 35.5. The normalized spacial score (nSPS) is 15.6. The molecule has 0 bridgehead atoms. The molecule has 8 N–H and O–H groups in total. The minimum absolute atomic E-state index is 0. The van der Waals surface area contributed by atoms with Crippen molar-refractivity contribution >= 4 is 53.6 Å². The second-order valence-corrected chi connectivity index (χ2v) is 16.2. The second kappa shape index (κ2) is 25.4. The molecule has 1 aliphatic heterocycles. The molecule has 17 nitrogen and oxygen atoms in total. The SMILES string of the molecule is CC(C)C[C@H](NC(=O)[C@H](Cc1ccccc1)NC(=O)CCN1C(=O)COc2ccc(C(=O)O)cc21)C(=O)NC(CC1CCCCC1)C(O)CC(=O)NCCCn1ccnc1.Cl.O. The Hall–Kier alpha value is -5.52. The van der Waals surface area contributed by atoms with Crippen LogP contribution in [0.3, 0.4) is 0 Å². The summed E-state index contributed by atoms with van der Waals surface area (Å²) in [4.78, 5) is 84.5. The number of ether oxygens (including phenoxy) is 1. The van der Waals surface area contributed by atoms with Crippen LogP contribution in [0.25, 0.3) is 0 Å². The lowest BCUT2D eigenvalue weighted by Gasteiger charge is -2.32. The van der Waals surface area contributed by atoms with Gasteiger partial charge in [0.2, 0.25) is 23.6 Å². The maximum absolute atomic E-state index is 14.1. The number of aromatic carboxylic acids is 1. The van der Waals surface area contributed by atoms with Crippen LogP contribution >= 0.6 is 12.4 Å². The lowest BCUT2D eigenvalue weighted by molar-refractivity contribution is -0.133. The van der Waals surface area contributed by atoms with Crippen LogP contribution in [0.1, 0.15) is 94.0 Å². The van der Waals surface area contributed by atoms with Crippen molar-refractivity contribution in [2.45, 2.75) is 115 Å². The summed E-state index contributed by atoms with van der Waals surface area (Å²) in [5.74, 6) is -3.02. The summed E-state index contributed by atoms with van der Waals surface area (Å²) in [5, 5.41) is 32.5. The molecule has 1 fully saturated rings. The van der Waals surface area contributed by atoms with Crippen molar-refractivity contribution < 1.29 is 49.2 Å². The van der Waals surface area contributed by atoms with Crippen LogP contribution in [0.15, 0.2) is 67.3 Å². The first kappa shape index (κ1) is 50.8. The van der Waals surface area contributed by atoms with Gasteiger partial charge in [-0.15, -0.1) is 12.4 Å². The number of fused-ring (bicyclic) bond motifs is 1. The topological polar surface area (TPSA) is 253 Å². The van der Waals surface area contributed by atoms with Crippen LogP contribution in [0.2, 0.25) is 0 Å². The summed E-state index contributed by atoms with van der Waals surface area (Å²) >= 11 is 0. The Morgan fingerprint density at radius 3 is 2.32 bits per heavy atom. The fraction of sp³-hybridized carbons (Fsp3) is 0.523. The van der Waals surface area contributed by atoms with E-state index in [1.54, 1.807) is 12.5 Å². The third-order valence-corrected chi connectivity index (χ3v) is 11.0. The molecular weight excluding hydrogens is 822 g/mol. The van der Waals surface area contributed by atoms with E-state index >= 15 is 0 Å². The highest BCUT2D eigenvalue weighted by molar-refractivity contribution is 6.00. The minimum Gasteiger partial charge on any atom is -0.482 e. The van der Waals surface area contributed by atoms with Crippen molar-refractivity contribution in [3.05, 3.63) is 78.4 Å². The second-order valence-electron chi connectivity index (χ2n) is 16.2. The Balaban J connectivity index is 0.00000512. The summed E-state index contributed by atoms with van der Waals surface area (Å²) in [6.07, 6.45) is 10.4. The zero-order valence-electron chi connectivity index (χ0n) is 35.4. The molecule has 1 aliphatic carbocycles. The molecule has 2 heterocycles. The number of aliphatic hydroxyl groups excluding tert-OH is 1. The monoisotopic (exact) mass is 883 g/mol. The number of aromatic nitrogens is 2. The number of nitrogens with zero attached hydrogens (tertiary/aromatic N) is 3. The largest absolute Gasteiger partial charge is 0.482 e. The first-order chi connectivity index (χ1) is 28.9. The minimum atomic E-state index is -1.18. The predicted octanol–water partition coefficient (Wildman–Crippen LogP) is 2.97. The van der Waals surface area contributed by atoms with Crippen LogP contribution in [0.5, 0.6) is 5.75 Å². The molecule has 0 radical (unpaired) electrons. The highest BCUT2D eigenvalue weighted by Crippen LogP contribution is 2.33. The lowest BCUT2D eigenvalue weighted by Crippen LogP contribution is -2.57. The number of hydrogen-bond acceptors (Lipinski definition) is 9. The number of aryl methyl sites for hydroxylation is 1. The van der Waals surface area contributed by atoms with Gasteiger partial charge >= 0.3 is 5.97 Å². The number of carbonyl (C=O) groups excluding carboxylic acids is 5. The number of halogens is 1. The van der Waals surface area contributed by atoms with Crippen LogP contribution < -0.4 is 30.9 Å². The summed E-state index contributed by atoms with van der Waals surface area (Å²) in [7, 11) is 0. The van der Waals surface area contributed by atoms with Gasteiger partial charge in [0.1, 0.15) is 17.8 Å². The predicted molar refractivity (Wildman–Crippen MR) is 234 cm³/mol. The van der Waals surface area contributed by atoms with Crippen LogP contribution in [-0.2, 0) is 36.9 Å². The van der Waals surface area contributed by atoms with E-state index in [2.05, 4.69) is 26.3 Å². The van der Waals surface area contributed by atoms with Gasteiger partial charge < -0.3 is 51.2 Å². The van der Waals surface area contributed by atoms with Crippen LogP contribution in [-0.4, -0.2) is 105 Å². The molecule has 2 unspecified atom stereocenters. The van der Waals surface area contributed by atoms with Crippen LogP contribution in [0, 0.1) is 11.8 Å². The standard InChI is InChI=1S/C44H59N7O9.ClH.H2O/c1-29(2)22-34(42(56)48-33(23-30-10-5-3-6-11-30)37(52)26-40(54)46-17-9-19-50-21-18-45-28-50)49-43(57)35(24-31-12-7-4-8-13-31)47-39(53)16-20-51-36-25-32(44(58)59)14-15-38(36)60-27-41(51)55;;/h4,7-8,12-15,18,21,25,28-30,33-35,37,52H,3,5-6,9-11,16-17,19-20,22-24,26-27H2,1-2H3,(H,46,54)(H,47,53)(H,48,56)(H,49,57)(H,58,59);1H;1H2/t33?,34-,35-,37?;;/m0../s1. The number of aliphatic hydroxyl groups is 1. The molecule has 1 saturated carbocycles. The van der Waals surface area contributed by atoms with Gasteiger partial charge in [-0.1, -0.05) is 76.3 Å². The van der Waals surface area contributed by atoms with Gasteiger partial charge in [-0.2, -0.15) is 0 Å². The third kappa shape index (κ3) is 15.7. The fourth-order valence-electron chi connectivity index (χ4n) is 7.78. The number of nitrogens with one attached hydrogen (secondary N) is 4. The number of carbonyl (C=O) groups is 6. The fourth-order valence-corrected chi connectivity index (χ4v) is 7.78. The Labute approximate surface area is 368 Å². The van der Waals surface area contributed by atoms with Gasteiger partial charge in [-0.25, -0.2) is 9.78 Å². The Kier molecular flexibility index (Phi) is 20.8. The summed E-state index contributed by atoms with van der Waals surface area (Å²) < 4.78 is 7.38. The summed E-state index contributed by atoms with van der Waals surface area (Å²) in [5.41, 5.74) is 0.945. The van der Waals surface area contributed by atoms with Crippen molar-refractivity contribution in [3.8, 4) is 5.75 Å². The maximum atomic E-state index is 14.1. The smallest absolute Gasteiger partial charge is 0.335 e. The number of carboxylic acids is 1. The first-order valence-corrected chi connectivity index (χ1v) is 21.0. The molecule has 2 aromatic carbocycles. The number of anilines is 1. The summed E-state index contributed by atoms with van der Waals surface area (Å²) in [6.45, 7) is 4.56.